The molecule has 170 valence electrons. The molecule has 0 radical (unpaired) electrons. The third kappa shape index (κ3) is 4.79. The van der Waals surface area contributed by atoms with Crippen molar-refractivity contribution in [1.82, 2.24) is 14.8 Å². The van der Waals surface area contributed by atoms with E-state index in [9.17, 15) is 0 Å². The van der Waals surface area contributed by atoms with Gasteiger partial charge in [0.15, 0.2) is 0 Å². The lowest BCUT2D eigenvalue weighted by molar-refractivity contribution is 0.152. The number of nitrogens with zero attached hydrogens (tertiary/aromatic N) is 3. The van der Waals surface area contributed by atoms with Crippen LogP contribution in [0.1, 0.15) is 18.4 Å². The van der Waals surface area contributed by atoms with Crippen LogP contribution >= 0.6 is 0 Å². The van der Waals surface area contributed by atoms with Crippen molar-refractivity contribution in [2.24, 2.45) is 5.92 Å². The Kier molecular flexibility index (Phi) is 6.65. The van der Waals surface area contributed by atoms with Crippen molar-refractivity contribution in [2.75, 3.05) is 64.4 Å². The van der Waals surface area contributed by atoms with Gasteiger partial charge in [-0.25, -0.2) is 0 Å². The second-order valence-corrected chi connectivity index (χ2v) is 9.35. The third-order valence-electron chi connectivity index (χ3n) is 7.42. The van der Waals surface area contributed by atoms with Crippen molar-refractivity contribution < 1.29 is 4.74 Å². The highest BCUT2D eigenvalue weighted by Crippen LogP contribution is 2.29. The number of hydrogen-bond donors (Lipinski definition) is 1. The molecule has 32 heavy (non-hydrogen) atoms. The van der Waals surface area contributed by atoms with E-state index in [0.29, 0.717) is 0 Å². The van der Waals surface area contributed by atoms with Gasteiger partial charge in [0.25, 0.3) is 0 Å². The Hall–Kier alpha value is -2.50. The summed E-state index contributed by atoms with van der Waals surface area (Å²) in [5.74, 6) is 1.80. The standard InChI is InChI=1S/C27H36N4O/c1-32-27-9-5-4-8-26(27)31-18-16-30(17-19-31)15-14-29-12-10-22(11-13-29)20-23-21-28-25-7-3-2-6-24(23)25/h2-9,21-22,28H,10-20H2,1H3. The van der Waals surface area contributed by atoms with Crippen molar-refractivity contribution in [2.45, 2.75) is 19.3 Å². The first kappa shape index (κ1) is 21.4. The number of rotatable bonds is 7. The first-order valence-electron chi connectivity index (χ1n) is 12.2. The minimum absolute atomic E-state index is 0.815. The van der Waals surface area contributed by atoms with Crippen LogP contribution in [0.5, 0.6) is 5.75 Å². The van der Waals surface area contributed by atoms with Crippen LogP contribution in [-0.2, 0) is 6.42 Å². The number of H-pyrrole nitrogens is 1. The highest BCUT2D eigenvalue weighted by Gasteiger charge is 2.23. The molecule has 2 aliphatic heterocycles. The lowest BCUT2D eigenvalue weighted by Crippen LogP contribution is -2.49. The summed E-state index contributed by atoms with van der Waals surface area (Å²) in [5.41, 5.74) is 3.99. The van der Waals surface area contributed by atoms with E-state index < -0.39 is 0 Å². The van der Waals surface area contributed by atoms with E-state index in [-0.39, 0.29) is 0 Å². The molecule has 2 saturated heterocycles. The Bertz CT molecular complexity index is 1000. The number of ether oxygens (including phenoxy) is 1. The van der Waals surface area contributed by atoms with Crippen LogP contribution in [0.25, 0.3) is 10.9 Å². The average Bonchev–Trinajstić information content (AvgIpc) is 3.27. The molecular formula is C27H36N4O. The highest BCUT2D eigenvalue weighted by atomic mass is 16.5. The Labute approximate surface area is 192 Å². The number of aromatic nitrogens is 1. The number of methoxy groups -OCH3 is 1. The van der Waals surface area contributed by atoms with Gasteiger partial charge in [0.1, 0.15) is 5.75 Å². The first-order valence-corrected chi connectivity index (χ1v) is 12.2. The van der Waals surface area contributed by atoms with Crippen molar-refractivity contribution in [1.29, 1.82) is 0 Å². The van der Waals surface area contributed by atoms with E-state index in [1.807, 2.05) is 6.07 Å². The van der Waals surface area contributed by atoms with E-state index in [1.54, 1.807) is 7.11 Å². The molecule has 5 nitrogen and oxygen atoms in total. The van der Waals surface area contributed by atoms with E-state index in [1.165, 1.54) is 67.6 Å². The lowest BCUT2D eigenvalue weighted by Gasteiger charge is -2.38. The molecule has 0 unspecified atom stereocenters. The maximum absolute atomic E-state index is 5.55. The number of piperidine rings is 1. The van der Waals surface area contributed by atoms with Gasteiger partial charge < -0.3 is 19.5 Å². The highest BCUT2D eigenvalue weighted by molar-refractivity contribution is 5.83. The molecule has 2 aromatic carbocycles. The summed E-state index contributed by atoms with van der Waals surface area (Å²) < 4.78 is 5.55. The first-order chi connectivity index (χ1) is 15.8. The Morgan fingerprint density at radius 1 is 0.844 bits per heavy atom. The summed E-state index contributed by atoms with van der Waals surface area (Å²) in [6, 6.07) is 17.1. The minimum Gasteiger partial charge on any atom is -0.495 e. The predicted molar refractivity (Wildman–Crippen MR) is 133 cm³/mol. The van der Waals surface area contributed by atoms with Crippen LogP contribution in [0, 0.1) is 5.92 Å². The fourth-order valence-electron chi connectivity index (χ4n) is 5.41. The normalized spacial score (nSPS) is 19.0. The number of piperazine rings is 1. The van der Waals surface area contributed by atoms with Crippen LogP contribution in [0.3, 0.4) is 0 Å². The number of nitrogens with one attached hydrogen (secondary N) is 1. The van der Waals surface area contributed by atoms with E-state index in [2.05, 4.69) is 68.3 Å². The van der Waals surface area contributed by atoms with Gasteiger partial charge in [-0.3, -0.25) is 4.90 Å². The van der Waals surface area contributed by atoms with Gasteiger partial charge in [0.2, 0.25) is 0 Å². The van der Waals surface area contributed by atoms with Crippen LogP contribution in [0.2, 0.25) is 0 Å². The molecule has 3 heterocycles. The quantitative estimate of drug-likeness (QED) is 0.605. The predicted octanol–water partition coefficient (Wildman–Crippen LogP) is 4.25. The summed E-state index contributed by atoms with van der Waals surface area (Å²) in [5, 5.41) is 1.40. The largest absolute Gasteiger partial charge is 0.495 e. The van der Waals surface area contributed by atoms with Crippen LogP contribution in [-0.4, -0.2) is 74.3 Å². The molecule has 3 aromatic rings. The lowest BCUT2D eigenvalue weighted by atomic mass is 9.90. The summed E-state index contributed by atoms with van der Waals surface area (Å²) in [4.78, 5) is 11.2. The smallest absolute Gasteiger partial charge is 0.142 e. The second kappa shape index (κ2) is 9.97. The molecule has 1 N–H and O–H groups in total. The fourth-order valence-corrected chi connectivity index (χ4v) is 5.41. The van der Waals surface area contributed by atoms with Crippen LogP contribution < -0.4 is 9.64 Å². The number of anilines is 1. The molecule has 5 heteroatoms. The maximum atomic E-state index is 5.55. The SMILES string of the molecule is COc1ccccc1N1CCN(CCN2CCC(Cc3c[nH]c4ccccc34)CC2)CC1. The minimum atomic E-state index is 0.815. The molecular weight excluding hydrogens is 396 g/mol. The Morgan fingerprint density at radius 3 is 2.31 bits per heavy atom. The van der Waals surface area contributed by atoms with Gasteiger partial charge in [-0.2, -0.15) is 0 Å². The molecule has 1 aromatic heterocycles. The summed E-state index contributed by atoms with van der Waals surface area (Å²) in [6.07, 6.45) is 6.08. The van der Waals surface area contributed by atoms with Crippen molar-refractivity contribution in [3.63, 3.8) is 0 Å². The number of aromatic amines is 1. The van der Waals surface area contributed by atoms with Gasteiger partial charge in [-0.15, -0.1) is 0 Å². The second-order valence-electron chi connectivity index (χ2n) is 9.35. The molecule has 0 atom stereocenters. The molecule has 2 fully saturated rings. The molecule has 0 spiro atoms. The third-order valence-corrected chi connectivity index (χ3v) is 7.42. The van der Waals surface area contributed by atoms with Crippen molar-refractivity contribution in [3.8, 4) is 5.75 Å². The number of para-hydroxylation sites is 3. The monoisotopic (exact) mass is 432 g/mol. The van der Waals surface area contributed by atoms with Gasteiger partial charge in [0.05, 0.1) is 12.8 Å². The molecule has 0 aliphatic carbocycles. The number of benzene rings is 2. The van der Waals surface area contributed by atoms with Gasteiger partial charge in [-0.1, -0.05) is 30.3 Å². The zero-order chi connectivity index (χ0) is 21.8. The van der Waals surface area contributed by atoms with Gasteiger partial charge >= 0.3 is 0 Å². The topological polar surface area (TPSA) is 34.7 Å². The zero-order valence-corrected chi connectivity index (χ0v) is 19.3. The van der Waals surface area contributed by atoms with Crippen molar-refractivity contribution in [3.05, 3.63) is 60.3 Å². The fraction of sp³-hybridized carbons (Fsp3) is 0.481. The Morgan fingerprint density at radius 2 is 1.53 bits per heavy atom. The maximum Gasteiger partial charge on any atom is 0.142 e. The molecule has 5 rings (SSSR count). The number of fused-ring (bicyclic) bond motifs is 1. The average molecular weight is 433 g/mol. The van der Waals surface area contributed by atoms with Gasteiger partial charge in [-0.05, 0) is 62.0 Å². The van der Waals surface area contributed by atoms with Crippen molar-refractivity contribution >= 4 is 16.6 Å². The number of hydrogen-bond acceptors (Lipinski definition) is 4. The zero-order valence-electron chi connectivity index (χ0n) is 19.3. The van der Waals surface area contributed by atoms with Crippen LogP contribution in [0.4, 0.5) is 5.69 Å². The molecule has 0 saturated carbocycles. The van der Waals surface area contributed by atoms with E-state index >= 15 is 0 Å². The molecule has 0 amide bonds. The summed E-state index contributed by atoms with van der Waals surface area (Å²) in [6.45, 7) is 9.30. The Balaban J connectivity index is 1.04. The summed E-state index contributed by atoms with van der Waals surface area (Å²) >= 11 is 0. The van der Waals surface area contributed by atoms with E-state index in [4.69, 9.17) is 4.74 Å². The van der Waals surface area contributed by atoms with E-state index in [0.717, 1.165) is 37.8 Å². The number of likely N-dealkylation sites (tertiary alicyclic amines) is 1. The van der Waals surface area contributed by atoms with Gasteiger partial charge in [0, 0.05) is 56.4 Å². The van der Waals surface area contributed by atoms with Crippen LogP contribution in [0.15, 0.2) is 54.7 Å². The molecule has 0 bridgehead atoms. The molecule has 2 aliphatic rings. The summed E-state index contributed by atoms with van der Waals surface area (Å²) in [7, 11) is 1.76.